The van der Waals surface area contributed by atoms with Crippen molar-refractivity contribution in [1.29, 1.82) is 0 Å². The van der Waals surface area contributed by atoms with Crippen molar-refractivity contribution in [2.24, 2.45) is 0 Å². The molecule has 0 saturated carbocycles. The molecule has 0 spiro atoms. The average Bonchev–Trinajstić information content (AvgIpc) is 2.73. The normalized spacial score (nSPS) is 12.8. The van der Waals surface area contributed by atoms with Crippen LogP contribution >= 0.6 is 0 Å². The lowest BCUT2D eigenvalue weighted by atomic mass is 10.0. The van der Waals surface area contributed by atoms with Crippen molar-refractivity contribution in [2.45, 2.75) is 78.5 Å². The maximum absolute atomic E-state index is 13.2. The minimum absolute atomic E-state index is 0.269. The molecule has 2 atom stereocenters. The van der Waals surface area contributed by atoms with Gasteiger partial charge in [-0.15, -0.1) is 6.42 Å². The van der Waals surface area contributed by atoms with E-state index in [1.54, 1.807) is 58.9 Å². The number of hydrogen-bond acceptors (Lipinski definition) is 4. The van der Waals surface area contributed by atoms with Crippen LogP contribution in [0.4, 0.5) is 4.79 Å². The molecule has 1 rings (SSSR count). The largest absolute Gasteiger partial charge is 0.444 e. The second-order valence-corrected chi connectivity index (χ2v) is 8.66. The number of likely N-dealkylation sites (N-methyl/N-ethyl adjacent to an activating group) is 1. The third kappa shape index (κ3) is 8.62. The van der Waals surface area contributed by atoms with Crippen LogP contribution in [0.5, 0.6) is 0 Å². The molecule has 0 aliphatic heterocycles. The Hall–Kier alpha value is -3.01. The Kier molecular flexibility index (Phi) is 10.8. The first kappa shape index (κ1) is 27.0. The lowest BCUT2D eigenvalue weighted by Crippen LogP contribution is -2.51. The van der Waals surface area contributed by atoms with Crippen molar-refractivity contribution >= 4 is 17.9 Å². The molecule has 7 heteroatoms. The Labute approximate surface area is 192 Å². The molecule has 32 heavy (non-hydrogen) atoms. The number of unbranched alkanes of at least 4 members (excludes halogenated alkanes) is 2. The van der Waals surface area contributed by atoms with Crippen LogP contribution in [0.25, 0.3) is 0 Å². The molecule has 0 fully saturated rings. The van der Waals surface area contributed by atoms with Gasteiger partial charge in [-0.1, -0.05) is 37.8 Å². The molecule has 2 unspecified atom stereocenters. The predicted molar refractivity (Wildman–Crippen MR) is 126 cm³/mol. The molecule has 0 heterocycles. The first-order chi connectivity index (χ1) is 15.0. The maximum atomic E-state index is 13.2. The van der Waals surface area contributed by atoms with E-state index < -0.39 is 23.8 Å². The summed E-state index contributed by atoms with van der Waals surface area (Å²) < 4.78 is 5.25. The Morgan fingerprint density at radius 1 is 1.12 bits per heavy atom. The summed E-state index contributed by atoms with van der Waals surface area (Å²) in [4.78, 5) is 40.0. The molecule has 1 aromatic carbocycles. The molecule has 0 aromatic heterocycles. The standard InChI is InChI=1S/C25H37N3O4/c1-8-11-12-17-26-22(29)21(20-15-13-19(9-2)14-16-20)28(10-3)23(30)18(4)27-24(31)32-25(5,6)7/h2,13-16,18,21H,8,10-12,17H2,1,3-7H3,(H,26,29)(H,27,31). The van der Waals surface area contributed by atoms with Crippen LogP contribution in [-0.4, -0.2) is 47.5 Å². The molecule has 7 nitrogen and oxygen atoms in total. The van der Waals surface area contributed by atoms with Crippen LogP contribution in [-0.2, 0) is 14.3 Å². The fraction of sp³-hybridized carbons (Fsp3) is 0.560. The van der Waals surface area contributed by atoms with Crippen molar-refractivity contribution < 1.29 is 19.1 Å². The number of terminal acetylenes is 1. The van der Waals surface area contributed by atoms with Gasteiger partial charge < -0.3 is 20.3 Å². The number of amides is 3. The summed E-state index contributed by atoms with van der Waals surface area (Å²) in [6.07, 6.45) is 7.68. The van der Waals surface area contributed by atoms with E-state index in [0.29, 0.717) is 17.7 Å². The summed E-state index contributed by atoms with van der Waals surface area (Å²) in [6.45, 7) is 11.5. The molecule has 1 aromatic rings. The maximum Gasteiger partial charge on any atom is 0.408 e. The Bertz CT molecular complexity index is 806. The van der Waals surface area contributed by atoms with Crippen molar-refractivity contribution in [3.05, 3.63) is 35.4 Å². The highest BCUT2D eigenvalue weighted by Gasteiger charge is 2.33. The zero-order valence-corrected chi connectivity index (χ0v) is 20.2. The minimum atomic E-state index is -0.870. The average molecular weight is 444 g/mol. The smallest absolute Gasteiger partial charge is 0.408 e. The van der Waals surface area contributed by atoms with Gasteiger partial charge >= 0.3 is 6.09 Å². The summed E-state index contributed by atoms with van der Waals surface area (Å²) in [5, 5.41) is 5.50. The fourth-order valence-electron chi connectivity index (χ4n) is 3.18. The highest BCUT2D eigenvalue weighted by Crippen LogP contribution is 2.23. The number of benzene rings is 1. The molecular formula is C25H37N3O4. The zero-order chi connectivity index (χ0) is 24.3. The van der Waals surface area contributed by atoms with Gasteiger partial charge in [0.25, 0.3) is 0 Å². The summed E-state index contributed by atoms with van der Waals surface area (Å²) in [5.74, 6) is 1.90. The molecule has 0 aliphatic rings. The summed E-state index contributed by atoms with van der Waals surface area (Å²) >= 11 is 0. The Balaban J connectivity index is 3.11. The van der Waals surface area contributed by atoms with Gasteiger partial charge in [0.05, 0.1) is 0 Å². The van der Waals surface area contributed by atoms with Gasteiger partial charge in [0.2, 0.25) is 11.8 Å². The lowest BCUT2D eigenvalue weighted by Gasteiger charge is -2.32. The van der Waals surface area contributed by atoms with Gasteiger partial charge in [0.1, 0.15) is 17.7 Å². The number of nitrogens with zero attached hydrogens (tertiary/aromatic N) is 1. The van der Waals surface area contributed by atoms with Crippen LogP contribution in [0.2, 0.25) is 0 Å². The van der Waals surface area contributed by atoms with Gasteiger partial charge in [-0.3, -0.25) is 9.59 Å². The zero-order valence-electron chi connectivity index (χ0n) is 20.2. The monoisotopic (exact) mass is 443 g/mol. The number of nitrogens with one attached hydrogen (secondary N) is 2. The first-order valence-corrected chi connectivity index (χ1v) is 11.2. The first-order valence-electron chi connectivity index (χ1n) is 11.2. The molecule has 176 valence electrons. The van der Waals surface area contributed by atoms with E-state index >= 15 is 0 Å². The van der Waals surface area contributed by atoms with Crippen LogP contribution < -0.4 is 10.6 Å². The fourth-order valence-corrected chi connectivity index (χ4v) is 3.18. The second-order valence-electron chi connectivity index (χ2n) is 8.66. The van der Waals surface area contributed by atoms with Crippen molar-refractivity contribution in [1.82, 2.24) is 15.5 Å². The molecule has 0 saturated heterocycles. The van der Waals surface area contributed by atoms with Gasteiger partial charge in [-0.25, -0.2) is 4.79 Å². The van der Waals surface area contributed by atoms with E-state index in [1.807, 2.05) is 0 Å². The van der Waals surface area contributed by atoms with Crippen LogP contribution in [0.15, 0.2) is 24.3 Å². The third-order valence-electron chi connectivity index (χ3n) is 4.76. The highest BCUT2D eigenvalue weighted by atomic mass is 16.6. The number of carbonyl (C=O) groups excluding carboxylic acids is 3. The Morgan fingerprint density at radius 2 is 1.75 bits per heavy atom. The quantitative estimate of drug-likeness (QED) is 0.426. The number of rotatable bonds is 10. The van der Waals surface area contributed by atoms with Crippen LogP contribution in [0.1, 0.15) is 78.0 Å². The SMILES string of the molecule is C#Cc1ccc(C(C(=O)NCCCCC)N(CC)C(=O)C(C)NC(=O)OC(C)(C)C)cc1. The number of alkyl carbamates (subject to hydrolysis) is 1. The van der Waals surface area contributed by atoms with E-state index in [9.17, 15) is 14.4 Å². The topological polar surface area (TPSA) is 87.7 Å². The molecule has 0 bridgehead atoms. The summed E-state index contributed by atoms with van der Waals surface area (Å²) in [6, 6.07) is 5.29. The number of carbonyl (C=O) groups is 3. The molecule has 3 amide bonds. The van der Waals surface area contributed by atoms with Crippen molar-refractivity contribution in [2.75, 3.05) is 13.1 Å². The van der Waals surface area contributed by atoms with Gasteiger partial charge in [-0.2, -0.15) is 0 Å². The van der Waals surface area contributed by atoms with E-state index in [-0.39, 0.29) is 18.4 Å². The van der Waals surface area contributed by atoms with E-state index in [1.165, 1.54) is 4.90 Å². The second kappa shape index (κ2) is 12.7. The van der Waals surface area contributed by atoms with E-state index in [2.05, 4.69) is 23.5 Å². The van der Waals surface area contributed by atoms with Crippen molar-refractivity contribution in [3.8, 4) is 12.3 Å². The summed E-state index contributed by atoms with van der Waals surface area (Å²) in [5.41, 5.74) is 0.651. The predicted octanol–water partition coefficient (Wildman–Crippen LogP) is 3.78. The summed E-state index contributed by atoms with van der Waals surface area (Å²) in [7, 11) is 0. The number of hydrogen-bond donors (Lipinski definition) is 2. The Morgan fingerprint density at radius 3 is 2.25 bits per heavy atom. The minimum Gasteiger partial charge on any atom is -0.444 e. The lowest BCUT2D eigenvalue weighted by molar-refractivity contribution is -0.141. The molecule has 0 radical (unpaired) electrons. The van der Waals surface area contributed by atoms with Crippen LogP contribution in [0.3, 0.4) is 0 Å². The van der Waals surface area contributed by atoms with Gasteiger partial charge in [-0.05, 0) is 58.7 Å². The van der Waals surface area contributed by atoms with Crippen LogP contribution in [0, 0.1) is 12.3 Å². The molecular weight excluding hydrogens is 406 g/mol. The van der Waals surface area contributed by atoms with E-state index in [4.69, 9.17) is 11.2 Å². The number of ether oxygens (including phenoxy) is 1. The van der Waals surface area contributed by atoms with Gasteiger partial charge in [0.15, 0.2) is 0 Å². The van der Waals surface area contributed by atoms with E-state index in [0.717, 1.165) is 19.3 Å². The molecule has 0 aliphatic carbocycles. The van der Waals surface area contributed by atoms with Crippen molar-refractivity contribution in [3.63, 3.8) is 0 Å². The molecule has 2 N–H and O–H groups in total. The third-order valence-corrected chi connectivity index (χ3v) is 4.76. The van der Waals surface area contributed by atoms with Gasteiger partial charge in [0, 0.05) is 18.7 Å². The highest BCUT2D eigenvalue weighted by molar-refractivity contribution is 5.91.